The topological polar surface area (TPSA) is 69.6 Å². The molecule has 0 aliphatic heterocycles. The highest BCUT2D eigenvalue weighted by Gasteiger charge is 2.36. The summed E-state index contributed by atoms with van der Waals surface area (Å²) in [5, 5.41) is 22.7. The first-order chi connectivity index (χ1) is 9.80. The van der Waals surface area contributed by atoms with Gasteiger partial charge in [0.2, 0.25) is 0 Å². The average molecular weight is 291 g/mol. The van der Waals surface area contributed by atoms with Crippen molar-refractivity contribution in [2.24, 2.45) is 5.41 Å². The van der Waals surface area contributed by atoms with E-state index in [0.29, 0.717) is 24.1 Å². The number of carboxylic acid groups (broad SMARTS) is 1. The van der Waals surface area contributed by atoms with Gasteiger partial charge in [0.1, 0.15) is 0 Å². The van der Waals surface area contributed by atoms with Crippen LogP contribution in [0.3, 0.4) is 0 Å². The molecule has 0 spiro atoms. The van der Waals surface area contributed by atoms with Crippen molar-refractivity contribution in [1.82, 2.24) is 5.32 Å². The third-order valence-corrected chi connectivity index (χ3v) is 4.52. The van der Waals surface area contributed by atoms with Crippen LogP contribution in [0.15, 0.2) is 24.3 Å². The zero-order chi connectivity index (χ0) is 15.5. The number of carboxylic acids is 1. The second-order valence-corrected chi connectivity index (χ2v) is 6.99. The van der Waals surface area contributed by atoms with E-state index in [1.54, 1.807) is 12.1 Å². The van der Waals surface area contributed by atoms with E-state index >= 15 is 0 Å². The standard InChI is InChI=1S/C17H25NO3/c1-16(2)7-9-17(21,10-8-16)12-18-11-13-3-5-14(6-4-13)15(19)20/h3-6,18,21H,7-12H2,1-2H3,(H,19,20). The van der Waals surface area contributed by atoms with E-state index in [2.05, 4.69) is 19.2 Å². The molecule has 0 amide bonds. The van der Waals surface area contributed by atoms with Gasteiger partial charge in [0.05, 0.1) is 11.2 Å². The summed E-state index contributed by atoms with van der Waals surface area (Å²) in [6.07, 6.45) is 3.78. The number of benzene rings is 1. The number of nitrogens with one attached hydrogen (secondary N) is 1. The number of carbonyl (C=O) groups is 1. The van der Waals surface area contributed by atoms with Gasteiger partial charge in [-0.3, -0.25) is 0 Å². The molecule has 0 heterocycles. The number of aromatic carboxylic acids is 1. The van der Waals surface area contributed by atoms with Gasteiger partial charge in [0, 0.05) is 13.1 Å². The number of hydrogen-bond donors (Lipinski definition) is 3. The van der Waals surface area contributed by atoms with Crippen LogP contribution in [0.5, 0.6) is 0 Å². The van der Waals surface area contributed by atoms with Crippen LogP contribution in [0.25, 0.3) is 0 Å². The third-order valence-electron chi connectivity index (χ3n) is 4.52. The van der Waals surface area contributed by atoms with Crippen LogP contribution < -0.4 is 5.32 Å². The van der Waals surface area contributed by atoms with Crippen molar-refractivity contribution in [3.63, 3.8) is 0 Å². The molecule has 0 radical (unpaired) electrons. The van der Waals surface area contributed by atoms with E-state index in [4.69, 9.17) is 5.11 Å². The van der Waals surface area contributed by atoms with Crippen molar-refractivity contribution in [2.45, 2.75) is 51.7 Å². The Hall–Kier alpha value is -1.39. The molecular weight excluding hydrogens is 266 g/mol. The molecule has 1 aromatic carbocycles. The minimum Gasteiger partial charge on any atom is -0.478 e. The van der Waals surface area contributed by atoms with Gasteiger partial charge in [-0.2, -0.15) is 0 Å². The quantitative estimate of drug-likeness (QED) is 0.780. The summed E-state index contributed by atoms with van der Waals surface area (Å²) >= 11 is 0. The zero-order valence-corrected chi connectivity index (χ0v) is 12.9. The Morgan fingerprint density at radius 3 is 2.24 bits per heavy atom. The smallest absolute Gasteiger partial charge is 0.335 e. The molecule has 1 fully saturated rings. The van der Waals surface area contributed by atoms with Crippen LogP contribution in [0, 0.1) is 5.41 Å². The summed E-state index contributed by atoms with van der Waals surface area (Å²) in [6, 6.07) is 6.84. The summed E-state index contributed by atoms with van der Waals surface area (Å²) in [7, 11) is 0. The van der Waals surface area contributed by atoms with Crippen molar-refractivity contribution in [1.29, 1.82) is 0 Å². The largest absolute Gasteiger partial charge is 0.478 e. The summed E-state index contributed by atoms with van der Waals surface area (Å²) in [5.74, 6) is -0.909. The van der Waals surface area contributed by atoms with Crippen molar-refractivity contribution in [2.75, 3.05) is 6.54 Å². The summed E-state index contributed by atoms with van der Waals surface area (Å²) in [6.45, 7) is 5.74. The Morgan fingerprint density at radius 2 is 1.71 bits per heavy atom. The van der Waals surface area contributed by atoms with E-state index in [-0.39, 0.29) is 0 Å². The second-order valence-electron chi connectivity index (χ2n) is 6.99. The van der Waals surface area contributed by atoms with Gasteiger partial charge in [-0.15, -0.1) is 0 Å². The van der Waals surface area contributed by atoms with Crippen molar-refractivity contribution in [3.05, 3.63) is 35.4 Å². The third kappa shape index (κ3) is 4.55. The molecule has 4 nitrogen and oxygen atoms in total. The van der Waals surface area contributed by atoms with Gasteiger partial charge < -0.3 is 15.5 Å². The SMILES string of the molecule is CC1(C)CCC(O)(CNCc2ccc(C(=O)O)cc2)CC1. The van der Waals surface area contributed by atoms with Crippen LogP contribution in [0.2, 0.25) is 0 Å². The Morgan fingerprint density at radius 1 is 1.14 bits per heavy atom. The summed E-state index contributed by atoms with van der Waals surface area (Å²) in [4.78, 5) is 10.8. The lowest BCUT2D eigenvalue weighted by molar-refractivity contribution is -0.0245. The van der Waals surface area contributed by atoms with Crippen molar-refractivity contribution >= 4 is 5.97 Å². The zero-order valence-electron chi connectivity index (χ0n) is 12.9. The molecule has 1 aliphatic rings. The fraction of sp³-hybridized carbons (Fsp3) is 0.588. The summed E-state index contributed by atoms with van der Waals surface area (Å²) < 4.78 is 0. The minimum absolute atomic E-state index is 0.298. The maximum absolute atomic E-state index is 10.8. The molecule has 0 atom stereocenters. The van der Waals surface area contributed by atoms with Gasteiger partial charge >= 0.3 is 5.97 Å². The lowest BCUT2D eigenvalue weighted by Gasteiger charge is -2.40. The fourth-order valence-corrected chi connectivity index (χ4v) is 2.77. The highest BCUT2D eigenvalue weighted by molar-refractivity contribution is 5.87. The molecule has 21 heavy (non-hydrogen) atoms. The van der Waals surface area contributed by atoms with Gasteiger partial charge in [0.25, 0.3) is 0 Å². The number of aliphatic hydroxyl groups is 1. The molecule has 2 rings (SSSR count). The van der Waals surface area contributed by atoms with Crippen molar-refractivity contribution in [3.8, 4) is 0 Å². The molecular formula is C17H25NO3. The molecule has 4 heteroatoms. The van der Waals surface area contributed by atoms with Crippen LogP contribution in [-0.2, 0) is 6.54 Å². The lowest BCUT2D eigenvalue weighted by Crippen LogP contribution is -2.44. The monoisotopic (exact) mass is 291 g/mol. The van der Waals surface area contributed by atoms with Gasteiger partial charge in [-0.25, -0.2) is 4.79 Å². The van der Waals surface area contributed by atoms with E-state index in [1.165, 1.54) is 0 Å². The number of rotatable bonds is 5. The van der Waals surface area contributed by atoms with Crippen LogP contribution in [0.1, 0.15) is 55.5 Å². The highest BCUT2D eigenvalue weighted by Crippen LogP contribution is 2.39. The maximum Gasteiger partial charge on any atom is 0.335 e. The molecule has 1 aromatic rings. The average Bonchev–Trinajstić information content (AvgIpc) is 2.43. The maximum atomic E-state index is 10.8. The molecule has 0 aromatic heterocycles. The van der Waals surface area contributed by atoms with E-state index in [1.807, 2.05) is 12.1 Å². The van der Waals surface area contributed by atoms with E-state index in [9.17, 15) is 9.90 Å². The Balaban J connectivity index is 1.80. The second kappa shape index (κ2) is 6.16. The predicted octanol–water partition coefficient (Wildman–Crippen LogP) is 2.81. The van der Waals surface area contributed by atoms with E-state index < -0.39 is 11.6 Å². The molecule has 1 saturated carbocycles. The van der Waals surface area contributed by atoms with Gasteiger partial charge in [0.15, 0.2) is 0 Å². The lowest BCUT2D eigenvalue weighted by atomic mass is 9.71. The van der Waals surface area contributed by atoms with Crippen LogP contribution in [-0.4, -0.2) is 28.3 Å². The molecule has 3 N–H and O–H groups in total. The first-order valence-electron chi connectivity index (χ1n) is 7.55. The Kier molecular flexibility index (Phi) is 4.69. The molecule has 0 unspecified atom stereocenters. The van der Waals surface area contributed by atoms with E-state index in [0.717, 1.165) is 31.2 Å². The summed E-state index contributed by atoms with van der Waals surface area (Å²) in [5.41, 5.74) is 1.07. The molecule has 1 aliphatic carbocycles. The Bertz CT molecular complexity index is 483. The molecule has 116 valence electrons. The highest BCUT2D eigenvalue weighted by atomic mass is 16.4. The molecule has 0 saturated heterocycles. The number of hydrogen-bond acceptors (Lipinski definition) is 3. The fourth-order valence-electron chi connectivity index (χ4n) is 2.77. The predicted molar refractivity (Wildman–Crippen MR) is 82.3 cm³/mol. The van der Waals surface area contributed by atoms with Gasteiger partial charge in [-0.1, -0.05) is 26.0 Å². The first-order valence-corrected chi connectivity index (χ1v) is 7.55. The molecule has 0 bridgehead atoms. The van der Waals surface area contributed by atoms with Crippen LogP contribution >= 0.6 is 0 Å². The first kappa shape index (κ1) is 16.0. The normalized spacial score (nSPS) is 20.1. The van der Waals surface area contributed by atoms with Crippen molar-refractivity contribution < 1.29 is 15.0 Å². The van der Waals surface area contributed by atoms with Gasteiger partial charge in [-0.05, 0) is 48.8 Å². The minimum atomic E-state index is -0.909. The Labute approximate surface area is 126 Å². The van der Waals surface area contributed by atoms with Crippen LogP contribution in [0.4, 0.5) is 0 Å².